The minimum atomic E-state index is -1.63. The SMILES string of the molecule is CC/C=C\C/C=C\C/C=C\C/C=C\C/C=C\C/C=C\CCCCCCCCC(=O)OC(COC(=O)CCCCCCCCCCCCCCCCCCCC)COC(OCC[N+](C)(C)C)C(=O)[O-]. The van der Waals surface area contributed by atoms with Crippen LogP contribution >= 0.6 is 0 Å². The number of quaternary nitrogens is 1. The standard InChI is InChI=1S/C59H103NO8/c1-6-8-10-12-14-16-18-20-22-24-26-27-28-29-30-31-32-34-36-38-40-42-44-46-48-50-57(62)68-55(54-67-59(58(63)64)65-52-51-60(3,4)5)53-66-56(61)49-47-45-43-41-39-37-35-33-25-23-21-19-17-15-13-11-9-7-2/h8,10,14,16,20,22,26-27,29-30,32,34,55,59H,6-7,9,11-13,15,17-19,21,23-25,28,31,33,35-54H2,1-5H3/b10-8-,16-14-,22-20-,27-26-,30-29-,34-32-. The van der Waals surface area contributed by atoms with Gasteiger partial charge in [-0.2, -0.15) is 0 Å². The Hall–Kier alpha value is -3.27. The summed E-state index contributed by atoms with van der Waals surface area (Å²) in [6.45, 7) is 4.63. The van der Waals surface area contributed by atoms with Gasteiger partial charge in [0.1, 0.15) is 13.2 Å². The highest BCUT2D eigenvalue weighted by molar-refractivity contribution is 5.70. The quantitative estimate of drug-likeness (QED) is 0.0195. The minimum Gasteiger partial charge on any atom is -0.545 e. The molecular weight excluding hydrogens is 851 g/mol. The number of carboxylic acid groups (broad SMARTS) is 1. The van der Waals surface area contributed by atoms with Gasteiger partial charge in [-0.15, -0.1) is 0 Å². The lowest BCUT2D eigenvalue weighted by molar-refractivity contribution is -0.870. The number of nitrogens with zero attached hydrogens (tertiary/aromatic N) is 1. The molecule has 0 aliphatic rings. The van der Waals surface area contributed by atoms with E-state index < -0.39 is 24.3 Å². The van der Waals surface area contributed by atoms with Crippen LogP contribution in [-0.4, -0.2) is 82.3 Å². The number of hydrogen-bond donors (Lipinski definition) is 0. The molecule has 68 heavy (non-hydrogen) atoms. The zero-order valence-corrected chi connectivity index (χ0v) is 44.5. The van der Waals surface area contributed by atoms with E-state index >= 15 is 0 Å². The smallest absolute Gasteiger partial charge is 0.306 e. The lowest BCUT2D eigenvalue weighted by Gasteiger charge is -2.26. The summed E-state index contributed by atoms with van der Waals surface area (Å²) < 4.78 is 22.7. The van der Waals surface area contributed by atoms with Gasteiger partial charge >= 0.3 is 11.9 Å². The fraction of sp³-hybridized carbons (Fsp3) is 0.746. The molecule has 0 spiro atoms. The molecule has 0 saturated heterocycles. The maximum atomic E-state index is 12.8. The average molecular weight is 954 g/mol. The van der Waals surface area contributed by atoms with Crippen LogP contribution in [0.4, 0.5) is 0 Å². The van der Waals surface area contributed by atoms with Gasteiger partial charge in [-0.05, 0) is 64.2 Å². The largest absolute Gasteiger partial charge is 0.545 e. The third-order valence-electron chi connectivity index (χ3n) is 11.7. The molecule has 2 unspecified atom stereocenters. The van der Waals surface area contributed by atoms with Crippen LogP contribution in [-0.2, 0) is 33.3 Å². The van der Waals surface area contributed by atoms with Crippen molar-refractivity contribution in [3.8, 4) is 0 Å². The predicted molar refractivity (Wildman–Crippen MR) is 283 cm³/mol. The highest BCUT2D eigenvalue weighted by Gasteiger charge is 2.22. The summed E-state index contributed by atoms with van der Waals surface area (Å²) in [5.74, 6) is -2.30. The highest BCUT2D eigenvalue weighted by Crippen LogP contribution is 2.16. The Morgan fingerprint density at radius 3 is 1.25 bits per heavy atom. The Morgan fingerprint density at radius 1 is 0.456 bits per heavy atom. The second kappa shape index (κ2) is 50.1. The average Bonchev–Trinajstić information content (AvgIpc) is 3.30. The van der Waals surface area contributed by atoms with Crippen molar-refractivity contribution in [2.24, 2.45) is 0 Å². The van der Waals surface area contributed by atoms with Crippen LogP contribution in [0.2, 0.25) is 0 Å². The highest BCUT2D eigenvalue weighted by atomic mass is 16.7. The van der Waals surface area contributed by atoms with E-state index in [2.05, 4.69) is 86.8 Å². The number of carboxylic acids is 1. The fourth-order valence-electron chi connectivity index (χ4n) is 7.48. The first-order valence-corrected chi connectivity index (χ1v) is 27.6. The third-order valence-corrected chi connectivity index (χ3v) is 11.7. The zero-order valence-electron chi connectivity index (χ0n) is 44.5. The normalized spacial score (nSPS) is 13.4. The topological polar surface area (TPSA) is 111 Å². The number of esters is 2. The summed E-state index contributed by atoms with van der Waals surface area (Å²) in [7, 11) is 5.91. The van der Waals surface area contributed by atoms with E-state index in [0.717, 1.165) is 96.3 Å². The summed E-state index contributed by atoms with van der Waals surface area (Å²) in [6.07, 6.45) is 60.8. The van der Waals surface area contributed by atoms with Gasteiger partial charge in [-0.25, -0.2) is 0 Å². The number of carbonyl (C=O) groups is 3. The number of allylic oxidation sites excluding steroid dienone is 12. The monoisotopic (exact) mass is 954 g/mol. The van der Waals surface area contributed by atoms with Gasteiger partial charge in [0.2, 0.25) is 0 Å². The number of rotatable bonds is 50. The molecule has 0 aliphatic carbocycles. The number of unbranched alkanes of at least 4 members (excludes halogenated alkanes) is 23. The zero-order chi connectivity index (χ0) is 49.9. The van der Waals surface area contributed by atoms with Crippen molar-refractivity contribution < 1.29 is 42.9 Å². The molecule has 0 aromatic heterocycles. The summed E-state index contributed by atoms with van der Waals surface area (Å²) in [5.41, 5.74) is 0. The summed E-state index contributed by atoms with van der Waals surface area (Å²) >= 11 is 0. The van der Waals surface area contributed by atoms with Crippen LogP contribution in [0.25, 0.3) is 0 Å². The first-order valence-electron chi connectivity index (χ1n) is 27.6. The summed E-state index contributed by atoms with van der Waals surface area (Å²) in [5, 5.41) is 11.8. The van der Waals surface area contributed by atoms with Gasteiger partial charge in [-0.1, -0.05) is 222 Å². The van der Waals surface area contributed by atoms with Crippen molar-refractivity contribution in [1.29, 1.82) is 0 Å². The van der Waals surface area contributed by atoms with Crippen LogP contribution in [0.5, 0.6) is 0 Å². The van der Waals surface area contributed by atoms with E-state index in [1.165, 1.54) is 96.3 Å². The molecule has 0 amide bonds. The molecule has 0 fully saturated rings. The van der Waals surface area contributed by atoms with Crippen LogP contribution in [0.15, 0.2) is 72.9 Å². The summed E-state index contributed by atoms with van der Waals surface area (Å²) in [6, 6.07) is 0. The van der Waals surface area contributed by atoms with E-state index in [9.17, 15) is 19.5 Å². The first kappa shape index (κ1) is 64.7. The van der Waals surface area contributed by atoms with Gasteiger partial charge in [0.05, 0.1) is 40.3 Å². The van der Waals surface area contributed by atoms with Gasteiger partial charge in [0.25, 0.3) is 0 Å². The van der Waals surface area contributed by atoms with Crippen molar-refractivity contribution in [3.05, 3.63) is 72.9 Å². The molecule has 2 atom stereocenters. The third kappa shape index (κ3) is 50.6. The Labute approximate surface area is 417 Å². The van der Waals surface area contributed by atoms with E-state index in [1.807, 2.05) is 21.1 Å². The molecule has 392 valence electrons. The van der Waals surface area contributed by atoms with Gasteiger partial charge in [0.15, 0.2) is 12.4 Å². The van der Waals surface area contributed by atoms with Crippen LogP contribution in [0, 0.1) is 0 Å². The van der Waals surface area contributed by atoms with Crippen LogP contribution < -0.4 is 5.11 Å². The van der Waals surface area contributed by atoms with E-state index in [4.69, 9.17) is 18.9 Å². The van der Waals surface area contributed by atoms with Crippen LogP contribution in [0.3, 0.4) is 0 Å². The molecule has 0 saturated carbocycles. The molecule has 0 aromatic rings. The Kier molecular flexibility index (Phi) is 47.7. The van der Waals surface area contributed by atoms with Crippen molar-refractivity contribution >= 4 is 17.9 Å². The number of aliphatic carboxylic acids is 1. The maximum Gasteiger partial charge on any atom is 0.306 e. The Balaban J connectivity index is 4.33. The van der Waals surface area contributed by atoms with E-state index in [0.29, 0.717) is 17.4 Å². The molecule has 0 radical (unpaired) electrons. The van der Waals surface area contributed by atoms with Crippen molar-refractivity contribution in [3.63, 3.8) is 0 Å². The Morgan fingerprint density at radius 2 is 0.838 bits per heavy atom. The van der Waals surface area contributed by atoms with Crippen LogP contribution in [0.1, 0.15) is 226 Å². The molecule has 0 aromatic carbocycles. The van der Waals surface area contributed by atoms with Crippen molar-refractivity contribution in [2.75, 3.05) is 47.5 Å². The maximum absolute atomic E-state index is 12.8. The lowest BCUT2D eigenvalue weighted by atomic mass is 10.0. The van der Waals surface area contributed by atoms with Gasteiger partial charge < -0.3 is 33.3 Å². The molecule has 0 bridgehead atoms. The molecule has 9 heteroatoms. The number of ether oxygens (including phenoxy) is 4. The lowest BCUT2D eigenvalue weighted by Crippen LogP contribution is -2.44. The first-order chi connectivity index (χ1) is 33.1. The molecule has 0 aliphatic heterocycles. The molecule has 9 nitrogen and oxygen atoms in total. The van der Waals surface area contributed by atoms with E-state index in [1.54, 1.807) is 0 Å². The number of likely N-dealkylation sites (N-methyl/N-ethyl adjacent to an activating group) is 1. The van der Waals surface area contributed by atoms with Gasteiger partial charge in [-0.3, -0.25) is 9.59 Å². The van der Waals surface area contributed by atoms with E-state index in [-0.39, 0.29) is 38.6 Å². The summed E-state index contributed by atoms with van der Waals surface area (Å²) in [4.78, 5) is 37.2. The van der Waals surface area contributed by atoms with Crippen molar-refractivity contribution in [1.82, 2.24) is 0 Å². The molecule has 0 heterocycles. The van der Waals surface area contributed by atoms with Gasteiger partial charge in [0, 0.05) is 12.8 Å². The molecular formula is C59H103NO8. The predicted octanol–water partition coefficient (Wildman–Crippen LogP) is 14.5. The Bertz CT molecular complexity index is 1340. The fourth-order valence-corrected chi connectivity index (χ4v) is 7.48. The molecule has 0 rings (SSSR count). The molecule has 0 N–H and O–H groups in total. The number of carbonyl (C=O) groups excluding carboxylic acids is 3. The number of hydrogen-bond acceptors (Lipinski definition) is 8. The minimum absolute atomic E-state index is 0.142. The second-order valence-electron chi connectivity index (χ2n) is 19.5. The van der Waals surface area contributed by atoms with Crippen molar-refractivity contribution in [2.45, 2.75) is 238 Å². The second-order valence-corrected chi connectivity index (χ2v) is 19.5.